The fourth-order valence-electron chi connectivity index (χ4n) is 3.77. The molecule has 2 N–H and O–H groups in total. The van der Waals surface area contributed by atoms with Gasteiger partial charge in [0.15, 0.2) is 0 Å². The van der Waals surface area contributed by atoms with Crippen LogP contribution in [0.25, 0.3) is 0 Å². The maximum atomic E-state index is 13.5. The number of aryl methyl sites for hydroxylation is 1. The van der Waals surface area contributed by atoms with Crippen molar-refractivity contribution in [3.05, 3.63) is 76.8 Å². The molecule has 7 heteroatoms. The third kappa shape index (κ3) is 4.03. The Balaban J connectivity index is 1.72. The quantitative estimate of drug-likeness (QED) is 0.634. The number of nitrogens with zero attached hydrogens (tertiary/aromatic N) is 3. The molecule has 0 bridgehead atoms. The molecule has 1 aliphatic rings. The summed E-state index contributed by atoms with van der Waals surface area (Å²) in [7, 11) is 0. The van der Waals surface area contributed by atoms with E-state index in [2.05, 4.69) is 20.7 Å². The second-order valence-electron chi connectivity index (χ2n) is 8.03. The van der Waals surface area contributed by atoms with Gasteiger partial charge in [-0.3, -0.25) is 4.79 Å². The van der Waals surface area contributed by atoms with Crippen molar-refractivity contribution in [2.24, 2.45) is 0 Å². The average molecular weight is 418 g/mol. The molecule has 7 nitrogen and oxygen atoms in total. The zero-order chi connectivity index (χ0) is 22.1. The van der Waals surface area contributed by atoms with Gasteiger partial charge in [0.2, 0.25) is 5.95 Å². The summed E-state index contributed by atoms with van der Waals surface area (Å²) in [4.78, 5) is 17.8. The van der Waals surface area contributed by atoms with Gasteiger partial charge < -0.3 is 15.4 Å². The molecule has 2 heterocycles. The van der Waals surface area contributed by atoms with Gasteiger partial charge in [0, 0.05) is 11.4 Å². The summed E-state index contributed by atoms with van der Waals surface area (Å²) in [6.07, 6.45) is 1.58. The molecule has 0 saturated heterocycles. The van der Waals surface area contributed by atoms with Crippen molar-refractivity contribution >= 4 is 17.5 Å². The van der Waals surface area contributed by atoms with Crippen molar-refractivity contribution in [1.29, 1.82) is 0 Å². The number of allylic oxidation sites excluding steroid dienone is 1. The summed E-state index contributed by atoms with van der Waals surface area (Å²) >= 11 is 0. The Kier molecular flexibility index (Phi) is 5.50. The van der Waals surface area contributed by atoms with Gasteiger partial charge in [-0.15, -0.1) is 0 Å². The van der Waals surface area contributed by atoms with E-state index in [9.17, 15) is 4.79 Å². The molecular weight excluding hydrogens is 390 g/mol. The van der Waals surface area contributed by atoms with Gasteiger partial charge in [0.25, 0.3) is 5.91 Å². The monoisotopic (exact) mass is 417 g/mol. The number of amides is 1. The highest BCUT2D eigenvalue weighted by Crippen LogP contribution is 2.36. The van der Waals surface area contributed by atoms with Crippen LogP contribution in [-0.4, -0.2) is 26.8 Å². The van der Waals surface area contributed by atoms with Gasteiger partial charge in [-0.05, 0) is 69.5 Å². The molecule has 1 amide bonds. The Morgan fingerprint density at radius 3 is 2.58 bits per heavy atom. The molecule has 2 aromatic carbocycles. The topological polar surface area (TPSA) is 81.1 Å². The number of aromatic nitrogens is 3. The van der Waals surface area contributed by atoms with Crippen molar-refractivity contribution in [3.63, 3.8) is 0 Å². The van der Waals surface area contributed by atoms with Crippen LogP contribution >= 0.6 is 0 Å². The number of anilines is 2. The van der Waals surface area contributed by atoms with Gasteiger partial charge in [0.1, 0.15) is 18.1 Å². The average Bonchev–Trinajstić information content (AvgIpc) is 3.18. The number of nitrogens with one attached hydrogen (secondary N) is 2. The molecule has 1 aromatic heterocycles. The van der Waals surface area contributed by atoms with Crippen LogP contribution in [-0.2, 0) is 4.79 Å². The summed E-state index contributed by atoms with van der Waals surface area (Å²) in [5.74, 6) is 1.22. The van der Waals surface area contributed by atoms with Crippen LogP contribution in [0.5, 0.6) is 5.75 Å². The lowest BCUT2D eigenvalue weighted by molar-refractivity contribution is -0.113. The highest BCUT2D eigenvalue weighted by molar-refractivity contribution is 6.06. The number of hydrogen-bond acceptors (Lipinski definition) is 5. The third-order valence-electron chi connectivity index (χ3n) is 5.46. The first kappa shape index (κ1) is 20.7. The molecule has 1 aliphatic heterocycles. The zero-order valence-electron chi connectivity index (χ0n) is 18.4. The summed E-state index contributed by atoms with van der Waals surface area (Å²) in [5.41, 5.74) is 5.24. The van der Waals surface area contributed by atoms with Gasteiger partial charge in [-0.25, -0.2) is 4.68 Å². The van der Waals surface area contributed by atoms with E-state index in [-0.39, 0.29) is 12.0 Å². The fraction of sp³-hybridized carbons (Fsp3) is 0.292. The number of benzene rings is 2. The predicted molar refractivity (Wildman–Crippen MR) is 121 cm³/mol. The molecule has 0 radical (unpaired) electrons. The Labute approximate surface area is 182 Å². The van der Waals surface area contributed by atoms with Gasteiger partial charge in [0.05, 0.1) is 11.7 Å². The molecule has 0 fully saturated rings. The van der Waals surface area contributed by atoms with Crippen LogP contribution < -0.4 is 15.4 Å². The first-order chi connectivity index (χ1) is 14.8. The number of carbonyl (C=O) groups excluding carboxylic acids is 1. The van der Waals surface area contributed by atoms with Crippen LogP contribution in [0, 0.1) is 13.8 Å². The minimum atomic E-state index is -0.406. The van der Waals surface area contributed by atoms with E-state index in [1.54, 1.807) is 4.68 Å². The Hall–Kier alpha value is -3.61. The standard InChI is InChI=1S/C24H27N5O2/c1-14(2)31-19-11-9-18(10-12-19)22-21(17(5)27-24-25-13-26-29(22)24)23(30)28-20-8-6-7-15(3)16(20)4/h6-14,22H,1-5H3,(H,28,30)(H,25,26,27). The molecule has 31 heavy (non-hydrogen) atoms. The molecule has 4 rings (SSSR count). The highest BCUT2D eigenvalue weighted by atomic mass is 16.5. The molecule has 0 aliphatic carbocycles. The van der Waals surface area contributed by atoms with E-state index in [0.29, 0.717) is 11.5 Å². The van der Waals surface area contributed by atoms with Crippen molar-refractivity contribution in [1.82, 2.24) is 14.8 Å². The minimum Gasteiger partial charge on any atom is -0.491 e. The maximum Gasteiger partial charge on any atom is 0.255 e. The van der Waals surface area contributed by atoms with Crippen molar-refractivity contribution in [3.8, 4) is 5.75 Å². The van der Waals surface area contributed by atoms with Crippen LogP contribution in [0.4, 0.5) is 11.6 Å². The number of carbonyl (C=O) groups is 1. The van der Waals surface area contributed by atoms with E-state index in [4.69, 9.17) is 4.74 Å². The summed E-state index contributed by atoms with van der Waals surface area (Å²) in [6, 6.07) is 13.3. The Bertz CT molecular complexity index is 1150. The van der Waals surface area contributed by atoms with Crippen LogP contribution in [0.15, 0.2) is 60.1 Å². The Morgan fingerprint density at radius 2 is 1.87 bits per heavy atom. The maximum absolute atomic E-state index is 13.5. The summed E-state index contributed by atoms with van der Waals surface area (Å²) in [5, 5.41) is 10.7. The summed E-state index contributed by atoms with van der Waals surface area (Å²) in [6.45, 7) is 9.91. The van der Waals surface area contributed by atoms with Crippen LogP contribution in [0.1, 0.15) is 43.5 Å². The summed E-state index contributed by atoms with van der Waals surface area (Å²) < 4.78 is 7.51. The minimum absolute atomic E-state index is 0.0905. The predicted octanol–water partition coefficient (Wildman–Crippen LogP) is 4.61. The van der Waals surface area contributed by atoms with E-state index in [1.165, 1.54) is 6.33 Å². The molecule has 3 aromatic rings. The number of hydrogen-bond donors (Lipinski definition) is 2. The molecular formula is C24H27N5O2. The molecule has 0 spiro atoms. The van der Waals surface area contributed by atoms with Gasteiger partial charge in [-0.2, -0.15) is 10.1 Å². The largest absolute Gasteiger partial charge is 0.491 e. The van der Waals surface area contributed by atoms with Gasteiger partial charge >= 0.3 is 0 Å². The first-order valence-corrected chi connectivity index (χ1v) is 10.4. The van der Waals surface area contributed by atoms with Crippen LogP contribution in [0.3, 0.4) is 0 Å². The normalized spacial score (nSPS) is 15.5. The van der Waals surface area contributed by atoms with E-state index < -0.39 is 6.04 Å². The number of rotatable bonds is 5. The molecule has 160 valence electrons. The van der Waals surface area contributed by atoms with E-state index in [1.807, 2.05) is 77.1 Å². The lowest BCUT2D eigenvalue weighted by atomic mass is 9.94. The van der Waals surface area contributed by atoms with Gasteiger partial charge in [-0.1, -0.05) is 24.3 Å². The second kappa shape index (κ2) is 8.26. The lowest BCUT2D eigenvalue weighted by Crippen LogP contribution is -2.31. The SMILES string of the molecule is CC1=C(C(=O)Nc2cccc(C)c2C)C(c2ccc(OC(C)C)cc2)n2ncnc2N1. The fourth-order valence-corrected chi connectivity index (χ4v) is 3.77. The lowest BCUT2D eigenvalue weighted by Gasteiger charge is -2.29. The zero-order valence-corrected chi connectivity index (χ0v) is 18.4. The molecule has 1 unspecified atom stereocenters. The number of ether oxygens (including phenoxy) is 1. The second-order valence-corrected chi connectivity index (χ2v) is 8.03. The molecule has 1 atom stereocenters. The van der Waals surface area contributed by atoms with Crippen molar-refractivity contribution in [2.75, 3.05) is 10.6 Å². The van der Waals surface area contributed by atoms with Crippen LogP contribution in [0.2, 0.25) is 0 Å². The van der Waals surface area contributed by atoms with Crippen molar-refractivity contribution < 1.29 is 9.53 Å². The van der Waals surface area contributed by atoms with E-state index >= 15 is 0 Å². The molecule has 0 saturated carbocycles. The number of fused-ring (bicyclic) bond motifs is 1. The smallest absolute Gasteiger partial charge is 0.255 e. The Morgan fingerprint density at radius 1 is 1.13 bits per heavy atom. The van der Waals surface area contributed by atoms with Crippen molar-refractivity contribution in [2.45, 2.75) is 46.8 Å². The third-order valence-corrected chi connectivity index (χ3v) is 5.46. The van der Waals surface area contributed by atoms with E-state index in [0.717, 1.165) is 33.8 Å². The first-order valence-electron chi connectivity index (χ1n) is 10.4. The highest BCUT2D eigenvalue weighted by Gasteiger charge is 2.33.